The highest BCUT2D eigenvalue weighted by molar-refractivity contribution is 7.92. The van der Waals surface area contributed by atoms with E-state index in [1.165, 1.54) is 18.2 Å². The van der Waals surface area contributed by atoms with E-state index in [0.29, 0.717) is 22.9 Å². The molecule has 1 amide bonds. The zero-order valence-electron chi connectivity index (χ0n) is 18.5. The van der Waals surface area contributed by atoms with Gasteiger partial charge in [0.2, 0.25) is 15.9 Å². The summed E-state index contributed by atoms with van der Waals surface area (Å²) in [5.41, 5.74) is 0.772. The number of nitrogens with one attached hydrogen (secondary N) is 1. The topological polar surface area (TPSA) is 102 Å². The minimum atomic E-state index is -3.77. The molecule has 0 aliphatic heterocycles. The number of carbonyl (C=O) groups excluding carboxylic acids is 2. The Morgan fingerprint density at radius 3 is 2.21 bits per heavy atom. The van der Waals surface area contributed by atoms with Crippen LogP contribution in [-0.4, -0.2) is 39.7 Å². The van der Waals surface area contributed by atoms with Crippen molar-refractivity contribution >= 4 is 44.9 Å². The van der Waals surface area contributed by atoms with E-state index in [9.17, 15) is 18.0 Å². The van der Waals surface area contributed by atoms with Gasteiger partial charge >= 0.3 is 5.97 Å². The summed E-state index contributed by atoms with van der Waals surface area (Å²) in [6.45, 7) is 1.42. The van der Waals surface area contributed by atoms with Gasteiger partial charge in [0.05, 0.1) is 29.1 Å². The highest BCUT2D eigenvalue weighted by Crippen LogP contribution is 2.26. The number of ether oxygens (including phenoxy) is 2. The molecule has 3 aromatic carbocycles. The second kappa shape index (κ2) is 11.0. The highest BCUT2D eigenvalue weighted by Gasteiger charge is 2.21. The standard InChI is InChI=1S/C24H23ClN2O6S/c1-3-32-24(29)21-14-9-17(15-22(21)25)26-23(28)16-27(34(2,30)31)18-10-12-20(13-11-18)33-19-7-5-4-6-8-19/h4-15H,3,16H2,1-2H3,(H,26,28). The van der Waals surface area contributed by atoms with Gasteiger partial charge in [0.25, 0.3) is 0 Å². The van der Waals surface area contributed by atoms with Crippen LogP contribution in [0.15, 0.2) is 72.8 Å². The molecule has 1 N–H and O–H groups in total. The molecule has 8 nitrogen and oxygen atoms in total. The summed E-state index contributed by atoms with van der Waals surface area (Å²) in [5.74, 6) is -0.00489. The number of nitrogens with zero attached hydrogens (tertiary/aromatic N) is 1. The Bertz CT molecular complexity index is 1260. The molecule has 0 fully saturated rings. The molecular formula is C24H23ClN2O6S. The third kappa shape index (κ3) is 6.72. The summed E-state index contributed by atoms with van der Waals surface area (Å²) >= 11 is 6.12. The van der Waals surface area contributed by atoms with Crippen LogP contribution < -0.4 is 14.4 Å². The van der Waals surface area contributed by atoms with Crippen molar-refractivity contribution in [2.24, 2.45) is 0 Å². The average Bonchev–Trinajstić information content (AvgIpc) is 2.78. The Morgan fingerprint density at radius 2 is 1.62 bits per heavy atom. The second-order valence-corrected chi connectivity index (χ2v) is 9.46. The van der Waals surface area contributed by atoms with Crippen LogP contribution >= 0.6 is 11.6 Å². The van der Waals surface area contributed by atoms with E-state index >= 15 is 0 Å². The number of benzene rings is 3. The molecule has 0 aliphatic carbocycles. The molecule has 0 unspecified atom stereocenters. The van der Waals surface area contributed by atoms with Gasteiger partial charge in [-0.25, -0.2) is 13.2 Å². The van der Waals surface area contributed by atoms with Crippen LogP contribution in [0.25, 0.3) is 0 Å². The van der Waals surface area contributed by atoms with E-state index in [-0.39, 0.29) is 17.2 Å². The summed E-state index contributed by atoms with van der Waals surface area (Å²) in [7, 11) is -3.77. The first-order valence-electron chi connectivity index (χ1n) is 10.2. The maximum Gasteiger partial charge on any atom is 0.339 e. The molecule has 34 heavy (non-hydrogen) atoms. The van der Waals surface area contributed by atoms with E-state index in [0.717, 1.165) is 10.6 Å². The lowest BCUT2D eigenvalue weighted by Crippen LogP contribution is -2.37. The number of halogens is 1. The van der Waals surface area contributed by atoms with Crippen LogP contribution in [0.1, 0.15) is 17.3 Å². The number of hydrogen-bond donors (Lipinski definition) is 1. The normalized spacial score (nSPS) is 10.9. The van der Waals surface area contributed by atoms with Crippen LogP contribution in [-0.2, 0) is 19.6 Å². The summed E-state index contributed by atoms with van der Waals surface area (Å²) in [4.78, 5) is 24.5. The van der Waals surface area contributed by atoms with Crippen molar-refractivity contribution in [2.75, 3.05) is 29.0 Å². The molecule has 0 bridgehead atoms. The number of carbonyl (C=O) groups is 2. The molecule has 3 rings (SSSR count). The quantitative estimate of drug-likeness (QED) is 0.425. The third-order valence-electron chi connectivity index (χ3n) is 4.54. The molecule has 0 saturated heterocycles. The van der Waals surface area contributed by atoms with Gasteiger partial charge in [-0.05, 0) is 61.5 Å². The van der Waals surface area contributed by atoms with E-state index in [4.69, 9.17) is 21.1 Å². The zero-order valence-corrected chi connectivity index (χ0v) is 20.1. The molecule has 0 aromatic heterocycles. The minimum absolute atomic E-state index is 0.102. The fraction of sp³-hybridized carbons (Fsp3) is 0.167. The Morgan fingerprint density at radius 1 is 0.971 bits per heavy atom. The van der Waals surface area contributed by atoms with Crippen molar-refractivity contribution in [1.82, 2.24) is 0 Å². The molecule has 0 radical (unpaired) electrons. The minimum Gasteiger partial charge on any atom is -0.462 e. The van der Waals surface area contributed by atoms with Crippen LogP contribution in [0.4, 0.5) is 11.4 Å². The molecule has 3 aromatic rings. The molecule has 178 valence electrons. The first kappa shape index (κ1) is 25.1. The van der Waals surface area contributed by atoms with Crippen molar-refractivity contribution in [2.45, 2.75) is 6.92 Å². The van der Waals surface area contributed by atoms with Gasteiger partial charge in [-0.15, -0.1) is 0 Å². The van der Waals surface area contributed by atoms with E-state index in [2.05, 4.69) is 5.32 Å². The van der Waals surface area contributed by atoms with Crippen LogP contribution in [0.3, 0.4) is 0 Å². The van der Waals surface area contributed by atoms with Gasteiger partial charge < -0.3 is 14.8 Å². The molecule has 0 aliphatic rings. The average molecular weight is 503 g/mol. The monoisotopic (exact) mass is 502 g/mol. The van der Waals surface area contributed by atoms with Crippen molar-refractivity contribution in [3.05, 3.63) is 83.4 Å². The Hall–Kier alpha value is -3.56. The van der Waals surface area contributed by atoms with Gasteiger partial charge in [-0.2, -0.15) is 0 Å². The first-order valence-corrected chi connectivity index (χ1v) is 12.5. The van der Waals surface area contributed by atoms with Crippen molar-refractivity contribution in [3.63, 3.8) is 0 Å². The van der Waals surface area contributed by atoms with Gasteiger partial charge in [-0.1, -0.05) is 29.8 Å². The predicted octanol–water partition coefficient (Wildman–Crippen LogP) is 4.71. The van der Waals surface area contributed by atoms with Gasteiger partial charge in [-0.3, -0.25) is 9.10 Å². The van der Waals surface area contributed by atoms with Gasteiger partial charge in [0, 0.05) is 5.69 Å². The van der Waals surface area contributed by atoms with Crippen molar-refractivity contribution in [1.29, 1.82) is 0 Å². The molecule has 0 heterocycles. The molecule has 10 heteroatoms. The summed E-state index contributed by atoms with van der Waals surface area (Å²) in [5, 5.41) is 2.69. The van der Waals surface area contributed by atoms with Crippen LogP contribution in [0.2, 0.25) is 5.02 Å². The highest BCUT2D eigenvalue weighted by atomic mass is 35.5. The smallest absolute Gasteiger partial charge is 0.339 e. The summed E-state index contributed by atoms with van der Waals surface area (Å²) in [6.07, 6.45) is 1.01. The second-order valence-electron chi connectivity index (χ2n) is 7.14. The summed E-state index contributed by atoms with van der Waals surface area (Å²) < 4.78 is 36.4. The Kier molecular flexibility index (Phi) is 8.14. The Labute approximate surface area is 203 Å². The van der Waals surface area contributed by atoms with Crippen LogP contribution in [0.5, 0.6) is 11.5 Å². The van der Waals surface area contributed by atoms with Crippen molar-refractivity contribution < 1.29 is 27.5 Å². The molecular weight excluding hydrogens is 480 g/mol. The van der Waals surface area contributed by atoms with E-state index < -0.39 is 28.4 Å². The number of sulfonamides is 1. The van der Waals surface area contributed by atoms with Crippen molar-refractivity contribution in [3.8, 4) is 11.5 Å². The third-order valence-corrected chi connectivity index (χ3v) is 5.99. The van der Waals surface area contributed by atoms with Gasteiger partial charge in [0.1, 0.15) is 18.0 Å². The zero-order chi connectivity index (χ0) is 24.7. The predicted molar refractivity (Wildman–Crippen MR) is 131 cm³/mol. The number of hydrogen-bond acceptors (Lipinski definition) is 6. The number of esters is 1. The number of anilines is 2. The van der Waals surface area contributed by atoms with E-state index in [1.807, 2.05) is 18.2 Å². The van der Waals surface area contributed by atoms with E-state index in [1.54, 1.807) is 43.3 Å². The largest absolute Gasteiger partial charge is 0.462 e. The number of para-hydroxylation sites is 1. The lowest BCUT2D eigenvalue weighted by atomic mass is 10.2. The molecule has 0 spiro atoms. The SMILES string of the molecule is CCOC(=O)c1ccc(NC(=O)CN(c2ccc(Oc3ccccc3)cc2)S(C)(=O)=O)cc1Cl. The maximum atomic E-state index is 12.6. The van der Waals surface area contributed by atoms with Crippen LogP contribution in [0, 0.1) is 0 Å². The number of rotatable bonds is 9. The maximum absolute atomic E-state index is 12.6. The lowest BCUT2D eigenvalue weighted by Gasteiger charge is -2.22. The van der Waals surface area contributed by atoms with Gasteiger partial charge in [0.15, 0.2) is 0 Å². The number of amides is 1. The fourth-order valence-corrected chi connectivity index (χ4v) is 4.12. The summed E-state index contributed by atoms with van der Waals surface area (Å²) in [6, 6.07) is 19.8. The molecule has 0 atom stereocenters. The lowest BCUT2D eigenvalue weighted by molar-refractivity contribution is -0.114. The Balaban J connectivity index is 1.71. The first-order chi connectivity index (χ1) is 16.2. The molecule has 0 saturated carbocycles. The fourth-order valence-electron chi connectivity index (χ4n) is 3.00.